The van der Waals surface area contributed by atoms with Crippen molar-refractivity contribution in [2.24, 2.45) is 0 Å². The molecule has 1 N–H and O–H groups in total. The van der Waals surface area contributed by atoms with Gasteiger partial charge in [0.1, 0.15) is 17.2 Å². The first-order valence-electron chi connectivity index (χ1n) is 7.67. The third kappa shape index (κ3) is 3.44. The van der Waals surface area contributed by atoms with E-state index in [0.717, 1.165) is 4.31 Å². The second kappa shape index (κ2) is 7.00. The van der Waals surface area contributed by atoms with E-state index in [1.54, 1.807) is 24.3 Å². The Morgan fingerprint density at radius 1 is 1.19 bits per heavy atom. The van der Waals surface area contributed by atoms with Crippen LogP contribution < -0.4 is 5.32 Å². The molecule has 26 heavy (non-hydrogen) atoms. The minimum Gasteiger partial charge on any atom is -0.435 e. The van der Waals surface area contributed by atoms with E-state index in [4.69, 9.17) is 4.42 Å². The second-order valence-electron chi connectivity index (χ2n) is 5.61. The SMILES string of the molecule is CN(C)S(=O)(=O)c1ccc(N/C=C(\C#N)c2nc3ccccc3o2)cc1. The molecule has 0 saturated heterocycles. The molecule has 7 nitrogen and oxygen atoms in total. The van der Waals surface area contributed by atoms with E-state index in [1.807, 2.05) is 18.2 Å². The molecule has 1 heterocycles. The minimum absolute atomic E-state index is 0.191. The Morgan fingerprint density at radius 2 is 1.88 bits per heavy atom. The molecule has 0 amide bonds. The van der Waals surface area contributed by atoms with Gasteiger partial charge in [0.15, 0.2) is 5.58 Å². The standard InChI is InChI=1S/C18H16N4O3S/c1-22(2)26(23,24)15-9-7-14(8-10-15)20-12-13(11-19)18-21-16-5-3-4-6-17(16)25-18/h3-10,12,20H,1-2H3/b13-12+. The van der Waals surface area contributed by atoms with Gasteiger partial charge in [0.05, 0.1) is 4.90 Å². The third-order valence-corrected chi connectivity index (χ3v) is 5.49. The number of hydrogen-bond donors (Lipinski definition) is 1. The molecule has 0 bridgehead atoms. The van der Waals surface area contributed by atoms with Crippen molar-refractivity contribution >= 4 is 32.4 Å². The van der Waals surface area contributed by atoms with E-state index in [0.29, 0.717) is 16.8 Å². The summed E-state index contributed by atoms with van der Waals surface area (Å²) < 4.78 is 30.8. The largest absolute Gasteiger partial charge is 0.435 e. The van der Waals surface area contributed by atoms with Gasteiger partial charge in [-0.05, 0) is 36.4 Å². The van der Waals surface area contributed by atoms with E-state index < -0.39 is 10.0 Å². The quantitative estimate of drug-likeness (QED) is 0.695. The lowest BCUT2D eigenvalue weighted by molar-refractivity contribution is 0.521. The van der Waals surface area contributed by atoms with Crippen molar-refractivity contribution in [1.29, 1.82) is 5.26 Å². The predicted octanol–water partition coefficient (Wildman–Crippen LogP) is 3.05. The van der Waals surface area contributed by atoms with Crippen molar-refractivity contribution in [3.8, 4) is 6.07 Å². The number of benzene rings is 2. The summed E-state index contributed by atoms with van der Waals surface area (Å²) in [5, 5.41) is 12.3. The first-order chi connectivity index (χ1) is 12.4. The molecule has 0 fully saturated rings. The summed E-state index contributed by atoms with van der Waals surface area (Å²) >= 11 is 0. The van der Waals surface area contributed by atoms with Gasteiger partial charge in [-0.15, -0.1) is 0 Å². The van der Waals surface area contributed by atoms with Crippen molar-refractivity contribution in [1.82, 2.24) is 9.29 Å². The summed E-state index contributed by atoms with van der Waals surface area (Å²) in [5.41, 5.74) is 2.13. The average molecular weight is 368 g/mol. The summed E-state index contributed by atoms with van der Waals surface area (Å²) in [6.45, 7) is 0. The molecule has 0 aliphatic rings. The van der Waals surface area contributed by atoms with E-state index in [9.17, 15) is 13.7 Å². The zero-order valence-corrected chi connectivity index (χ0v) is 15.0. The number of sulfonamides is 1. The lowest BCUT2D eigenvalue weighted by Gasteiger charge is -2.11. The maximum atomic E-state index is 12.1. The third-order valence-electron chi connectivity index (χ3n) is 3.66. The Kier molecular flexibility index (Phi) is 4.75. The van der Waals surface area contributed by atoms with Crippen molar-refractivity contribution in [3.05, 3.63) is 60.6 Å². The molecular formula is C18H16N4O3S. The van der Waals surface area contributed by atoms with Gasteiger partial charge in [-0.25, -0.2) is 17.7 Å². The first-order valence-corrected chi connectivity index (χ1v) is 9.11. The van der Waals surface area contributed by atoms with Crippen LogP contribution in [-0.2, 0) is 10.0 Å². The van der Waals surface area contributed by atoms with Gasteiger partial charge in [-0.1, -0.05) is 12.1 Å². The van der Waals surface area contributed by atoms with E-state index in [1.165, 1.54) is 32.4 Å². The van der Waals surface area contributed by atoms with Crippen LogP contribution >= 0.6 is 0 Å². The molecule has 132 valence electrons. The van der Waals surface area contributed by atoms with Crippen LogP contribution in [0.25, 0.3) is 16.7 Å². The maximum absolute atomic E-state index is 12.1. The number of nitriles is 1. The number of allylic oxidation sites excluding steroid dienone is 1. The van der Waals surface area contributed by atoms with Gasteiger partial charge < -0.3 is 9.73 Å². The van der Waals surface area contributed by atoms with Gasteiger partial charge in [-0.2, -0.15) is 5.26 Å². The van der Waals surface area contributed by atoms with Crippen molar-refractivity contribution in [3.63, 3.8) is 0 Å². The monoisotopic (exact) mass is 368 g/mol. The Balaban J connectivity index is 1.82. The Hall–Kier alpha value is -3.15. The minimum atomic E-state index is -3.47. The highest BCUT2D eigenvalue weighted by Crippen LogP contribution is 2.21. The van der Waals surface area contributed by atoms with Crippen LogP contribution in [0.3, 0.4) is 0 Å². The van der Waals surface area contributed by atoms with Crippen LogP contribution in [-0.4, -0.2) is 31.8 Å². The molecule has 0 aliphatic carbocycles. The maximum Gasteiger partial charge on any atom is 0.242 e. The van der Waals surface area contributed by atoms with Crippen LogP contribution in [0.15, 0.2) is 64.0 Å². The van der Waals surface area contributed by atoms with Gasteiger partial charge in [0.25, 0.3) is 0 Å². The van der Waals surface area contributed by atoms with Crippen LogP contribution in [0.5, 0.6) is 0 Å². The molecule has 0 radical (unpaired) electrons. The highest BCUT2D eigenvalue weighted by Gasteiger charge is 2.16. The molecule has 1 aromatic heterocycles. The van der Waals surface area contributed by atoms with Gasteiger partial charge >= 0.3 is 0 Å². The zero-order chi connectivity index (χ0) is 18.7. The second-order valence-corrected chi connectivity index (χ2v) is 7.76. The summed E-state index contributed by atoms with van der Waals surface area (Å²) in [4.78, 5) is 4.47. The number of rotatable bonds is 5. The van der Waals surface area contributed by atoms with Crippen molar-refractivity contribution in [2.75, 3.05) is 19.4 Å². The summed E-state index contributed by atoms with van der Waals surface area (Å²) in [6.07, 6.45) is 1.47. The number of nitrogens with zero attached hydrogens (tertiary/aromatic N) is 3. The van der Waals surface area contributed by atoms with Crippen molar-refractivity contribution < 1.29 is 12.8 Å². The summed E-state index contributed by atoms with van der Waals surface area (Å²) in [7, 11) is -0.523. The molecule has 0 atom stereocenters. The zero-order valence-electron chi connectivity index (χ0n) is 14.2. The van der Waals surface area contributed by atoms with E-state index in [2.05, 4.69) is 10.3 Å². The van der Waals surface area contributed by atoms with Gasteiger partial charge in [0, 0.05) is 26.0 Å². The molecule has 0 saturated carbocycles. The summed E-state index contributed by atoms with van der Waals surface area (Å²) in [5.74, 6) is 0.216. The van der Waals surface area contributed by atoms with Crippen LogP contribution in [0.4, 0.5) is 5.69 Å². The molecule has 8 heteroatoms. The summed E-state index contributed by atoms with van der Waals surface area (Å²) in [6, 6.07) is 15.5. The van der Waals surface area contributed by atoms with Gasteiger partial charge in [-0.3, -0.25) is 0 Å². The van der Waals surface area contributed by atoms with Gasteiger partial charge in [0.2, 0.25) is 15.9 Å². The number of anilines is 1. The molecule has 2 aromatic carbocycles. The number of para-hydroxylation sites is 2. The number of hydrogen-bond acceptors (Lipinski definition) is 6. The van der Waals surface area contributed by atoms with Crippen LogP contribution in [0.2, 0.25) is 0 Å². The Morgan fingerprint density at radius 3 is 2.50 bits per heavy atom. The molecule has 0 aliphatic heterocycles. The van der Waals surface area contributed by atoms with E-state index >= 15 is 0 Å². The Bertz CT molecular complexity index is 1070. The highest BCUT2D eigenvalue weighted by atomic mass is 32.2. The first kappa shape index (κ1) is 17.7. The Labute approximate surface area is 151 Å². The fourth-order valence-electron chi connectivity index (χ4n) is 2.22. The molecule has 3 aromatic rings. The highest BCUT2D eigenvalue weighted by molar-refractivity contribution is 7.89. The fraction of sp³-hybridized carbons (Fsp3) is 0.111. The lowest BCUT2D eigenvalue weighted by atomic mass is 10.3. The lowest BCUT2D eigenvalue weighted by Crippen LogP contribution is -2.22. The topological polar surface area (TPSA) is 99.2 Å². The molecular weight excluding hydrogens is 352 g/mol. The number of nitrogens with one attached hydrogen (secondary N) is 1. The molecule has 0 spiro atoms. The number of aromatic nitrogens is 1. The number of oxazole rings is 1. The van der Waals surface area contributed by atoms with Crippen molar-refractivity contribution in [2.45, 2.75) is 4.90 Å². The van der Waals surface area contributed by atoms with Crippen LogP contribution in [0, 0.1) is 11.3 Å². The normalized spacial score (nSPS) is 12.3. The fourth-order valence-corrected chi connectivity index (χ4v) is 3.12. The predicted molar refractivity (Wildman–Crippen MR) is 98.5 cm³/mol. The molecule has 3 rings (SSSR count). The smallest absolute Gasteiger partial charge is 0.242 e. The number of fused-ring (bicyclic) bond motifs is 1. The van der Waals surface area contributed by atoms with Crippen LogP contribution in [0.1, 0.15) is 5.89 Å². The molecule has 0 unspecified atom stereocenters. The van der Waals surface area contributed by atoms with E-state index in [-0.39, 0.29) is 16.4 Å². The average Bonchev–Trinajstić information content (AvgIpc) is 3.06.